The Morgan fingerprint density at radius 2 is 1.70 bits per heavy atom. The van der Waals surface area contributed by atoms with Crippen LogP contribution in [0.1, 0.15) is 52.8 Å². The number of Topliss-reactive ketones (excluding diaryl/α,β-unsaturated/α-hetero) is 1. The normalized spacial score (nSPS) is 15.9. The van der Waals surface area contributed by atoms with E-state index >= 15 is 0 Å². The molecule has 7 rings (SSSR count). The maximum absolute atomic E-state index is 13.1. The van der Waals surface area contributed by atoms with Gasteiger partial charge >= 0.3 is 0 Å². The first-order chi connectivity index (χ1) is 21.5. The summed E-state index contributed by atoms with van der Waals surface area (Å²) in [7, 11) is 3.70. The van der Waals surface area contributed by atoms with Gasteiger partial charge in [-0.05, 0) is 82.1 Å². The zero-order chi connectivity index (χ0) is 30.2. The lowest BCUT2D eigenvalue weighted by molar-refractivity contribution is 0.0915. The Bertz CT molecular complexity index is 1850. The van der Waals surface area contributed by atoms with Gasteiger partial charge in [0.15, 0.2) is 17.2 Å². The highest BCUT2D eigenvalue weighted by molar-refractivity contribution is 5.97. The van der Waals surface area contributed by atoms with E-state index in [1.54, 1.807) is 19.2 Å². The summed E-state index contributed by atoms with van der Waals surface area (Å²) in [6, 6.07) is 21.3. The Labute approximate surface area is 256 Å². The number of nitrogens with zero attached hydrogens (tertiary/aromatic N) is 4. The van der Waals surface area contributed by atoms with Gasteiger partial charge in [0.2, 0.25) is 0 Å². The number of hydrogen-bond donors (Lipinski definition) is 2. The van der Waals surface area contributed by atoms with Crippen LogP contribution < -0.4 is 15.4 Å². The van der Waals surface area contributed by atoms with Crippen LogP contribution in [0.2, 0.25) is 0 Å². The van der Waals surface area contributed by atoms with E-state index in [1.807, 2.05) is 60.8 Å². The number of carbonyl (C=O) groups is 2. The zero-order valence-corrected chi connectivity index (χ0v) is 25.0. The first kappa shape index (κ1) is 28.0. The summed E-state index contributed by atoms with van der Waals surface area (Å²) in [5.74, 6) is 1.76. The lowest BCUT2D eigenvalue weighted by Crippen LogP contribution is -2.43. The highest BCUT2D eigenvalue weighted by atomic mass is 16.5. The second-order valence-electron chi connectivity index (χ2n) is 12.0. The van der Waals surface area contributed by atoms with Crippen LogP contribution in [0.5, 0.6) is 5.75 Å². The van der Waals surface area contributed by atoms with E-state index in [2.05, 4.69) is 27.0 Å². The number of ether oxygens (including phenoxy) is 1. The number of likely N-dealkylation sites (tertiary alicyclic amines) is 1. The highest BCUT2D eigenvalue weighted by Gasteiger charge is 2.25. The predicted molar refractivity (Wildman–Crippen MR) is 172 cm³/mol. The molecule has 44 heavy (non-hydrogen) atoms. The molecule has 3 heterocycles. The van der Waals surface area contributed by atoms with Gasteiger partial charge in [0.05, 0.1) is 35.7 Å². The third-order valence-corrected chi connectivity index (χ3v) is 8.77. The number of imidazole rings is 1. The van der Waals surface area contributed by atoms with E-state index in [9.17, 15) is 9.59 Å². The number of rotatable bonds is 9. The Kier molecular flexibility index (Phi) is 7.47. The number of ketones is 1. The number of anilines is 2. The van der Waals surface area contributed by atoms with Crippen molar-refractivity contribution in [3.63, 3.8) is 0 Å². The number of methoxy groups -OCH3 is 1. The van der Waals surface area contributed by atoms with E-state index in [0.717, 1.165) is 66.6 Å². The van der Waals surface area contributed by atoms with Crippen molar-refractivity contribution in [3.8, 4) is 17.0 Å². The Hall–Kier alpha value is -4.76. The topological polar surface area (TPSA) is 101 Å². The van der Waals surface area contributed by atoms with Crippen molar-refractivity contribution in [2.75, 3.05) is 32.6 Å². The number of piperidine rings is 1. The first-order valence-electron chi connectivity index (χ1n) is 15.3. The van der Waals surface area contributed by atoms with E-state index in [1.165, 1.54) is 0 Å². The molecule has 5 aromatic rings. The molecule has 0 unspecified atom stereocenters. The van der Waals surface area contributed by atoms with Gasteiger partial charge in [-0.1, -0.05) is 36.4 Å². The largest absolute Gasteiger partial charge is 0.495 e. The number of carbonyl (C=O) groups excluding carboxylic acids is 2. The van der Waals surface area contributed by atoms with E-state index in [-0.39, 0.29) is 17.7 Å². The fourth-order valence-electron chi connectivity index (χ4n) is 5.98. The third kappa shape index (κ3) is 5.63. The molecule has 0 atom stereocenters. The van der Waals surface area contributed by atoms with Crippen LogP contribution >= 0.6 is 0 Å². The van der Waals surface area contributed by atoms with Gasteiger partial charge in [-0.3, -0.25) is 14.0 Å². The summed E-state index contributed by atoms with van der Waals surface area (Å²) in [5, 5.41) is 6.60. The molecule has 1 aliphatic heterocycles. The van der Waals surface area contributed by atoms with Crippen molar-refractivity contribution in [1.82, 2.24) is 24.6 Å². The molecule has 1 saturated heterocycles. The van der Waals surface area contributed by atoms with Crippen LogP contribution in [0.25, 0.3) is 27.9 Å². The molecule has 1 aliphatic carbocycles. The minimum Gasteiger partial charge on any atom is -0.495 e. The van der Waals surface area contributed by atoms with Crippen molar-refractivity contribution < 1.29 is 14.3 Å². The molecular weight excluding hydrogens is 552 g/mol. The fourth-order valence-corrected chi connectivity index (χ4v) is 5.98. The van der Waals surface area contributed by atoms with Gasteiger partial charge in [-0.2, -0.15) is 0 Å². The van der Waals surface area contributed by atoms with Crippen LogP contribution in [-0.4, -0.2) is 64.2 Å². The Morgan fingerprint density at radius 1 is 0.955 bits per heavy atom. The Balaban J connectivity index is 1.19. The van der Waals surface area contributed by atoms with E-state index in [0.29, 0.717) is 40.8 Å². The molecular formula is C35H36N6O3. The second-order valence-corrected chi connectivity index (χ2v) is 12.0. The minimum absolute atomic E-state index is 0.103. The SMILES string of the molecule is COc1cc(C(=O)NC2CCN(C)CC2)ccc1Nc1nc2ccccc2n2c(-c3ccc(C(=O)CC4CC4)cc3)cnc12. The standard InChI is InChI=1S/C35H36N6O3/c1-40-17-15-26(16-18-40)37-35(43)25-13-14-28(32(20-25)44-2)39-33-34-36-21-30(41(34)29-6-4-3-5-27(29)38-33)23-9-11-24(12-10-23)31(42)19-22-7-8-22/h3-6,9-14,20-22,26H,7-8,15-19H2,1-2H3,(H,37,43)(H,38,39). The average molecular weight is 589 g/mol. The van der Waals surface area contributed by atoms with Crippen LogP contribution in [0, 0.1) is 5.92 Å². The lowest BCUT2D eigenvalue weighted by atomic mass is 10.0. The number of fused-ring (bicyclic) bond motifs is 3. The van der Waals surface area contributed by atoms with Crippen molar-refractivity contribution in [1.29, 1.82) is 0 Å². The molecule has 2 aromatic heterocycles. The molecule has 0 bridgehead atoms. The van der Waals surface area contributed by atoms with Crippen LogP contribution in [0.4, 0.5) is 11.5 Å². The molecule has 2 aliphatic rings. The number of nitrogens with one attached hydrogen (secondary N) is 2. The third-order valence-electron chi connectivity index (χ3n) is 8.77. The van der Waals surface area contributed by atoms with Crippen LogP contribution in [0.15, 0.2) is 72.9 Å². The van der Waals surface area contributed by atoms with E-state index < -0.39 is 0 Å². The molecule has 0 radical (unpaired) electrons. The molecule has 2 N–H and O–H groups in total. The lowest BCUT2D eigenvalue weighted by Gasteiger charge is -2.29. The summed E-state index contributed by atoms with van der Waals surface area (Å²) < 4.78 is 7.80. The number of aromatic nitrogens is 3. The molecule has 1 amide bonds. The van der Waals surface area contributed by atoms with E-state index in [4.69, 9.17) is 14.7 Å². The fraction of sp³-hybridized carbons (Fsp3) is 0.314. The molecule has 9 heteroatoms. The van der Waals surface area contributed by atoms with Crippen molar-refractivity contribution in [2.45, 2.75) is 38.1 Å². The van der Waals surface area contributed by atoms with Gasteiger partial charge in [0.1, 0.15) is 5.75 Å². The second kappa shape index (κ2) is 11.7. The smallest absolute Gasteiger partial charge is 0.251 e. The quantitative estimate of drug-likeness (QED) is 0.201. The summed E-state index contributed by atoms with van der Waals surface area (Å²) in [6.45, 7) is 1.95. The highest BCUT2D eigenvalue weighted by Crippen LogP contribution is 2.35. The molecule has 9 nitrogen and oxygen atoms in total. The molecule has 3 aromatic carbocycles. The predicted octanol–water partition coefficient (Wildman–Crippen LogP) is 6.11. The van der Waals surface area contributed by atoms with Crippen molar-refractivity contribution >= 4 is 39.9 Å². The molecule has 0 spiro atoms. The van der Waals surface area contributed by atoms with Gasteiger partial charge in [0, 0.05) is 29.2 Å². The van der Waals surface area contributed by atoms with Gasteiger partial charge in [-0.25, -0.2) is 9.97 Å². The molecule has 1 saturated carbocycles. The van der Waals surface area contributed by atoms with Crippen LogP contribution in [-0.2, 0) is 0 Å². The number of hydrogen-bond acceptors (Lipinski definition) is 7. The molecule has 224 valence electrons. The number of benzene rings is 3. The van der Waals surface area contributed by atoms with Crippen molar-refractivity contribution in [2.24, 2.45) is 5.92 Å². The average Bonchev–Trinajstić information content (AvgIpc) is 3.75. The van der Waals surface area contributed by atoms with Gasteiger partial charge in [0.25, 0.3) is 5.91 Å². The monoisotopic (exact) mass is 588 g/mol. The molecule has 2 fully saturated rings. The maximum atomic E-state index is 13.1. The van der Waals surface area contributed by atoms with Crippen LogP contribution in [0.3, 0.4) is 0 Å². The van der Waals surface area contributed by atoms with Crippen molar-refractivity contribution in [3.05, 3.63) is 84.1 Å². The summed E-state index contributed by atoms with van der Waals surface area (Å²) in [5.41, 5.74) is 6.20. The van der Waals surface area contributed by atoms with Gasteiger partial charge in [-0.15, -0.1) is 0 Å². The zero-order valence-electron chi connectivity index (χ0n) is 25.0. The maximum Gasteiger partial charge on any atom is 0.251 e. The Morgan fingerprint density at radius 3 is 2.45 bits per heavy atom. The summed E-state index contributed by atoms with van der Waals surface area (Å²) in [6.07, 6.45) is 6.67. The van der Waals surface area contributed by atoms with Gasteiger partial charge < -0.3 is 20.3 Å². The first-order valence-corrected chi connectivity index (χ1v) is 15.3. The summed E-state index contributed by atoms with van der Waals surface area (Å²) >= 11 is 0. The number of amides is 1. The summed E-state index contributed by atoms with van der Waals surface area (Å²) in [4.78, 5) is 37.7. The minimum atomic E-state index is -0.103. The number of para-hydroxylation sites is 2.